The molecule has 0 spiro atoms. The first kappa shape index (κ1) is 17.5. The molecule has 1 fully saturated rings. The number of amides is 1. The van der Waals surface area contributed by atoms with Crippen LogP contribution in [0.5, 0.6) is 0 Å². The second-order valence-corrected chi connectivity index (χ2v) is 6.82. The Kier molecular flexibility index (Phi) is 5.71. The summed E-state index contributed by atoms with van der Waals surface area (Å²) in [4.78, 5) is 15.5. The number of nitrogens with zero attached hydrogens (tertiary/aromatic N) is 2. The fourth-order valence-corrected chi connectivity index (χ4v) is 3.37. The summed E-state index contributed by atoms with van der Waals surface area (Å²) in [6, 6.07) is 11.0. The highest BCUT2D eigenvalue weighted by atomic mass is 35.5. The molecule has 128 valence electrons. The van der Waals surface area contributed by atoms with Crippen molar-refractivity contribution in [2.45, 2.75) is 0 Å². The van der Waals surface area contributed by atoms with E-state index < -0.39 is 5.91 Å². The highest BCUT2D eigenvalue weighted by Crippen LogP contribution is 2.30. The quantitative estimate of drug-likeness (QED) is 0.654. The summed E-state index contributed by atoms with van der Waals surface area (Å²) in [6.45, 7) is 2.75. The maximum Gasteiger partial charge on any atom is 0.266 e. The predicted molar refractivity (Wildman–Crippen MR) is 101 cm³/mol. The van der Waals surface area contributed by atoms with Crippen molar-refractivity contribution in [3.8, 4) is 6.07 Å². The molecule has 0 bridgehead atoms. The van der Waals surface area contributed by atoms with Crippen LogP contribution in [0.15, 0.2) is 41.3 Å². The zero-order chi connectivity index (χ0) is 17.6. The van der Waals surface area contributed by atoms with Gasteiger partial charge in [-0.15, -0.1) is 11.3 Å². The molecule has 1 aliphatic heterocycles. The lowest BCUT2D eigenvalue weighted by Gasteiger charge is -2.30. The van der Waals surface area contributed by atoms with Crippen molar-refractivity contribution in [1.29, 1.82) is 5.26 Å². The predicted octanol–water partition coefficient (Wildman–Crippen LogP) is 3.78. The Balaban J connectivity index is 1.85. The van der Waals surface area contributed by atoms with Gasteiger partial charge in [0, 0.05) is 23.0 Å². The number of nitrogens with one attached hydrogen (secondary N) is 1. The van der Waals surface area contributed by atoms with Crippen molar-refractivity contribution in [3.05, 3.63) is 51.2 Å². The van der Waals surface area contributed by atoms with Gasteiger partial charge in [-0.3, -0.25) is 4.79 Å². The van der Waals surface area contributed by atoms with Crippen molar-refractivity contribution in [2.24, 2.45) is 0 Å². The molecule has 1 saturated heterocycles. The first-order valence-electron chi connectivity index (χ1n) is 7.76. The molecule has 1 N–H and O–H groups in total. The molecule has 2 heterocycles. The molecule has 25 heavy (non-hydrogen) atoms. The Morgan fingerprint density at radius 1 is 1.36 bits per heavy atom. The van der Waals surface area contributed by atoms with E-state index in [4.69, 9.17) is 16.3 Å². The van der Waals surface area contributed by atoms with Crippen LogP contribution in [0.2, 0.25) is 5.02 Å². The van der Waals surface area contributed by atoms with Crippen molar-refractivity contribution >= 4 is 46.3 Å². The number of carbonyl (C=O) groups is 1. The van der Waals surface area contributed by atoms with Crippen LogP contribution in [0.4, 0.5) is 11.4 Å². The van der Waals surface area contributed by atoms with Crippen LogP contribution in [-0.2, 0) is 9.53 Å². The smallest absolute Gasteiger partial charge is 0.266 e. The van der Waals surface area contributed by atoms with Crippen molar-refractivity contribution in [1.82, 2.24) is 0 Å². The van der Waals surface area contributed by atoms with Gasteiger partial charge in [-0.25, -0.2) is 0 Å². The van der Waals surface area contributed by atoms with Crippen LogP contribution >= 0.6 is 22.9 Å². The minimum absolute atomic E-state index is 0.0513. The van der Waals surface area contributed by atoms with E-state index in [0.29, 0.717) is 23.9 Å². The van der Waals surface area contributed by atoms with Crippen LogP contribution in [0.3, 0.4) is 0 Å². The van der Waals surface area contributed by atoms with E-state index in [1.54, 1.807) is 18.2 Å². The topological polar surface area (TPSA) is 65.4 Å². The standard InChI is InChI=1S/C18H16ClN3O2S/c19-14-3-4-17(22-5-7-24-8-6-22)16(11-14)21-18(23)13(12-20)10-15-2-1-9-25-15/h1-4,9-11H,5-8H2,(H,21,23)/b13-10+. The molecule has 3 rings (SSSR count). The van der Waals surface area contributed by atoms with Gasteiger partial charge in [0.2, 0.25) is 0 Å². The van der Waals surface area contributed by atoms with Crippen molar-refractivity contribution in [3.63, 3.8) is 0 Å². The first-order valence-corrected chi connectivity index (χ1v) is 9.02. The van der Waals surface area contributed by atoms with E-state index in [1.807, 2.05) is 29.6 Å². The second-order valence-electron chi connectivity index (χ2n) is 5.40. The number of benzene rings is 1. The molecular formula is C18H16ClN3O2S. The summed E-state index contributed by atoms with van der Waals surface area (Å²) in [7, 11) is 0. The second kappa shape index (κ2) is 8.17. The molecule has 5 nitrogen and oxygen atoms in total. The molecule has 1 aromatic carbocycles. The third kappa shape index (κ3) is 4.40. The van der Waals surface area contributed by atoms with Gasteiger partial charge in [0.1, 0.15) is 11.6 Å². The Morgan fingerprint density at radius 2 is 2.16 bits per heavy atom. The van der Waals surface area contributed by atoms with Gasteiger partial charge < -0.3 is 15.0 Å². The zero-order valence-corrected chi connectivity index (χ0v) is 14.9. The normalized spacial score (nSPS) is 14.9. The fourth-order valence-electron chi connectivity index (χ4n) is 2.54. The number of morpholine rings is 1. The van der Waals surface area contributed by atoms with Gasteiger partial charge in [0.05, 0.1) is 24.6 Å². The third-order valence-corrected chi connectivity index (χ3v) is 4.81. The lowest BCUT2D eigenvalue weighted by Crippen LogP contribution is -2.36. The monoisotopic (exact) mass is 373 g/mol. The molecule has 1 aliphatic rings. The molecule has 1 amide bonds. The molecule has 0 unspecified atom stereocenters. The Hall–Kier alpha value is -2.33. The largest absolute Gasteiger partial charge is 0.378 e. The minimum Gasteiger partial charge on any atom is -0.378 e. The van der Waals surface area contributed by atoms with Crippen molar-refractivity contribution < 1.29 is 9.53 Å². The number of halogens is 1. The lowest BCUT2D eigenvalue weighted by atomic mass is 10.2. The van der Waals surface area contributed by atoms with Crippen LogP contribution in [0.1, 0.15) is 4.88 Å². The average molecular weight is 374 g/mol. The maximum atomic E-state index is 12.5. The van der Waals surface area contributed by atoms with Gasteiger partial charge in [-0.05, 0) is 35.7 Å². The van der Waals surface area contributed by atoms with Gasteiger partial charge >= 0.3 is 0 Å². The molecule has 7 heteroatoms. The molecule has 0 saturated carbocycles. The molecule has 0 radical (unpaired) electrons. The van der Waals surface area contributed by atoms with E-state index in [1.165, 1.54) is 11.3 Å². The Labute approximate surface area is 155 Å². The number of anilines is 2. The van der Waals surface area contributed by atoms with E-state index in [9.17, 15) is 10.1 Å². The zero-order valence-electron chi connectivity index (χ0n) is 13.4. The third-order valence-electron chi connectivity index (χ3n) is 3.75. The van der Waals surface area contributed by atoms with Gasteiger partial charge in [0.25, 0.3) is 5.91 Å². The van der Waals surface area contributed by atoms with E-state index in [0.717, 1.165) is 23.7 Å². The van der Waals surface area contributed by atoms with Gasteiger partial charge in [0.15, 0.2) is 0 Å². The van der Waals surface area contributed by atoms with Gasteiger partial charge in [-0.2, -0.15) is 5.26 Å². The highest BCUT2D eigenvalue weighted by Gasteiger charge is 2.18. The average Bonchev–Trinajstić information content (AvgIpc) is 3.13. The summed E-state index contributed by atoms with van der Waals surface area (Å²) in [5.41, 5.74) is 1.51. The number of thiophene rings is 1. The summed E-state index contributed by atoms with van der Waals surface area (Å²) in [6.07, 6.45) is 1.58. The molecule has 2 aromatic rings. The fraction of sp³-hybridized carbons (Fsp3) is 0.222. The van der Waals surface area contributed by atoms with E-state index >= 15 is 0 Å². The number of rotatable bonds is 4. The molecule has 1 aromatic heterocycles. The van der Waals surface area contributed by atoms with Crippen LogP contribution < -0.4 is 10.2 Å². The number of nitriles is 1. The minimum atomic E-state index is -0.451. The van der Waals surface area contributed by atoms with Crippen LogP contribution in [0, 0.1) is 11.3 Å². The number of carbonyl (C=O) groups excluding carboxylic acids is 1. The molecular weight excluding hydrogens is 358 g/mol. The first-order chi connectivity index (χ1) is 12.2. The highest BCUT2D eigenvalue weighted by molar-refractivity contribution is 7.10. The lowest BCUT2D eigenvalue weighted by molar-refractivity contribution is -0.112. The molecule has 0 aliphatic carbocycles. The number of hydrogen-bond acceptors (Lipinski definition) is 5. The summed E-state index contributed by atoms with van der Waals surface area (Å²) in [5, 5.41) is 14.6. The van der Waals surface area contributed by atoms with Crippen LogP contribution in [-0.4, -0.2) is 32.2 Å². The Bertz CT molecular complexity index is 821. The van der Waals surface area contributed by atoms with E-state index in [-0.39, 0.29) is 5.57 Å². The van der Waals surface area contributed by atoms with E-state index in [2.05, 4.69) is 10.2 Å². The Morgan fingerprint density at radius 3 is 2.84 bits per heavy atom. The van der Waals surface area contributed by atoms with Crippen LogP contribution in [0.25, 0.3) is 6.08 Å². The SMILES string of the molecule is N#C/C(=C\c1cccs1)C(=O)Nc1cc(Cl)ccc1N1CCOCC1. The summed E-state index contributed by atoms with van der Waals surface area (Å²) in [5.74, 6) is -0.451. The summed E-state index contributed by atoms with van der Waals surface area (Å²) < 4.78 is 5.37. The molecule has 0 atom stereocenters. The summed E-state index contributed by atoms with van der Waals surface area (Å²) >= 11 is 7.56. The maximum absolute atomic E-state index is 12.5. The number of hydrogen-bond donors (Lipinski definition) is 1. The van der Waals surface area contributed by atoms with Crippen molar-refractivity contribution in [2.75, 3.05) is 36.5 Å². The number of ether oxygens (including phenoxy) is 1. The van der Waals surface area contributed by atoms with Gasteiger partial charge in [-0.1, -0.05) is 17.7 Å².